The number of hydrogen-bond donors (Lipinski definition) is 2. The first kappa shape index (κ1) is 14.9. The predicted molar refractivity (Wildman–Crippen MR) is 81.1 cm³/mol. The van der Waals surface area contributed by atoms with Crippen LogP contribution in [0.5, 0.6) is 0 Å². The molecule has 0 radical (unpaired) electrons. The fraction of sp³-hybridized carbons (Fsp3) is 0.133. The molecule has 0 bridgehead atoms. The van der Waals surface area contributed by atoms with E-state index in [1.165, 1.54) is 12.3 Å². The number of amides is 1. The highest BCUT2D eigenvalue weighted by atomic mass is 32.1. The van der Waals surface area contributed by atoms with Gasteiger partial charge in [0.15, 0.2) is 0 Å². The Hall–Kier alpha value is -2.47. The minimum Gasteiger partial charge on any atom is -0.478 e. The van der Waals surface area contributed by atoms with E-state index < -0.39 is 5.97 Å². The maximum absolute atomic E-state index is 12.2. The van der Waals surface area contributed by atoms with Gasteiger partial charge in [-0.05, 0) is 36.1 Å². The average Bonchev–Trinajstić information content (AvgIpc) is 2.88. The Bertz CT molecular complexity index is 692. The number of carboxylic acids is 1. The smallest absolute Gasteiger partial charge is 0.328 e. The lowest BCUT2D eigenvalue weighted by Crippen LogP contribution is -2.24. The molecule has 2 aromatic rings. The summed E-state index contributed by atoms with van der Waals surface area (Å²) >= 11 is 1.58. The monoisotopic (exact) mass is 302 g/mol. The fourth-order valence-electron chi connectivity index (χ4n) is 1.73. The molecule has 2 N–H and O–H groups in total. The van der Waals surface area contributed by atoms with Crippen LogP contribution < -0.4 is 5.32 Å². The second kappa shape index (κ2) is 6.81. The van der Waals surface area contributed by atoms with E-state index in [1.54, 1.807) is 23.5 Å². The molecule has 108 valence electrons. The fourth-order valence-corrected chi connectivity index (χ4v) is 2.58. The molecule has 0 aliphatic heterocycles. The topological polar surface area (TPSA) is 79.3 Å². The highest BCUT2D eigenvalue weighted by Gasteiger charge is 2.11. The summed E-state index contributed by atoms with van der Waals surface area (Å²) in [6, 6.07) is 5.30. The normalized spacial score (nSPS) is 10.7. The summed E-state index contributed by atoms with van der Waals surface area (Å²) in [7, 11) is 0. The van der Waals surface area contributed by atoms with Crippen molar-refractivity contribution in [3.05, 3.63) is 57.6 Å². The van der Waals surface area contributed by atoms with Gasteiger partial charge in [0.25, 0.3) is 5.91 Å². The lowest BCUT2D eigenvalue weighted by atomic mass is 10.1. The molecule has 2 rings (SSSR count). The Morgan fingerprint density at radius 1 is 1.43 bits per heavy atom. The Morgan fingerprint density at radius 2 is 2.24 bits per heavy atom. The van der Waals surface area contributed by atoms with E-state index in [9.17, 15) is 9.59 Å². The van der Waals surface area contributed by atoms with Gasteiger partial charge in [0, 0.05) is 22.7 Å². The van der Waals surface area contributed by atoms with Gasteiger partial charge in [0.05, 0.1) is 6.54 Å². The quantitative estimate of drug-likeness (QED) is 0.832. The molecule has 2 heterocycles. The van der Waals surface area contributed by atoms with Crippen LogP contribution in [0.15, 0.2) is 35.9 Å². The maximum atomic E-state index is 12.2. The first-order valence-corrected chi connectivity index (χ1v) is 7.13. The lowest BCUT2D eigenvalue weighted by molar-refractivity contribution is -0.131. The van der Waals surface area contributed by atoms with Crippen LogP contribution in [0.25, 0.3) is 6.08 Å². The van der Waals surface area contributed by atoms with Gasteiger partial charge in [-0.2, -0.15) is 0 Å². The molecule has 0 saturated heterocycles. The zero-order valence-electron chi connectivity index (χ0n) is 11.4. The number of aromatic nitrogens is 1. The summed E-state index contributed by atoms with van der Waals surface area (Å²) < 4.78 is 0. The third kappa shape index (κ3) is 4.00. The number of aliphatic carboxylic acids is 1. The van der Waals surface area contributed by atoms with Crippen molar-refractivity contribution >= 4 is 29.3 Å². The van der Waals surface area contributed by atoms with Gasteiger partial charge in [0.2, 0.25) is 0 Å². The van der Waals surface area contributed by atoms with Gasteiger partial charge < -0.3 is 10.4 Å². The summed E-state index contributed by atoms with van der Waals surface area (Å²) in [4.78, 5) is 27.8. The number of nitrogens with one attached hydrogen (secondary N) is 1. The molecular formula is C15H14N2O3S. The number of thiophene rings is 1. The number of rotatable bonds is 5. The van der Waals surface area contributed by atoms with Crippen LogP contribution in [0.4, 0.5) is 0 Å². The predicted octanol–water partition coefficient (Wildman–Crippen LogP) is 2.48. The van der Waals surface area contributed by atoms with Crippen molar-refractivity contribution in [1.29, 1.82) is 0 Å². The van der Waals surface area contributed by atoms with E-state index in [-0.39, 0.29) is 11.6 Å². The van der Waals surface area contributed by atoms with Gasteiger partial charge in [0.1, 0.15) is 5.69 Å². The molecule has 0 saturated carbocycles. The second-order valence-corrected chi connectivity index (χ2v) is 5.32. The van der Waals surface area contributed by atoms with Gasteiger partial charge in [-0.3, -0.25) is 9.78 Å². The molecular weight excluding hydrogens is 288 g/mol. The molecule has 21 heavy (non-hydrogen) atoms. The maximum Gasteiger partial charge on any atom is 0.328 e. The highest BCUT2D eigenvalue weighted by molar-refractivity contribution is 7.10. The number of carbonyl (C=O) groups is 2. The Labute approximate surface area is 126 Å². The second-order valence-electron chi connectivity index (χ2n) is 4.32. The zero-order valence-corrected chi connectivity index (χ0v) is 12.2. The van der Waals surface area contributed by atoms with Crippen LogP contribution in [0, 0.1) is 6.92 Å². The van der Waals surface area contributed by atoms with E-state index >= 15 is 0 Å². The van der Waals surface area contributed by atoms with E-state index in [0.717, 1.165) is 16.5 Å². The number of hydrogen-bond acceptors (Lipinski definition) is 4. The van der Waals surface area contributed by atoms with Crippen molar-refractivity contribution in [3.63, 3.8) is 0 Å². The molecule has 5 nitrogen and oxygen atoms in total. The Morgan fingerprint density at radius 3 is 2.90 bits per heavy atom. The first-order chi connectivity index (χ1) is 10.1. The van der Waals surface area contributed by atoms with Crippen LogP contribution in [0.2, 0.25) is 0 Å². The lowest BCUT2D eigenvalue weighted by Gasteiger charge is -2.06. The number of nitrogens with zero attached hydrogens (tertiary/aromatic N) is 1. The minimum atomic E-state index is -1.07. The van der Waals surface area contributed by atoms with E-state index in [2.05, 4.69) is 10.3 Å². The van der Waals surface area contributed by atoms with Crippen molar-refractivity contribution in [3.8, 4) is 0 Å². The van der Waals surface area contributed by atoms with Crippen molar-refractivity contribution < 1.29 is 14.7 Å². The van der Waals surface area contributed by atoms with Crippen molar-refractivity contribution in [2.75, 3.05) is 0 Å². The number of pyridine rings is 1. The molecule has 6 heteroatoms. The third-order valence-electron chi connectivity index (χ3n) is 2.84. The molecule has 0 fully saturated rings. The van der Waals surface area contributed by atoms with Gasteiger partial charge in [-0.15, -0.1) is 11.3 Å². The number of carbonyl (C=O) groups excluding carboxylic acids is 1. The van der Waals surface area contributed by atoms with Crippen molar-refractivity contribution in [1.82, 2.24) is 10.3 Å². The van der Waals surface area contributed by atoms with Crippen LogP contribution in [-0.4, -0.2) is 22.0 Å². The third-order valence-corrected chi connectivity index (χ3v) is 3.86. The molecule has 0 atom stereocenters. The summed E-state index contributed by atoms with van der Waals surface area (Å²) in [5.74, 6) is -1.40. The molecule has 0 spiro atoms. The Balaban J connectivity index is 2.12. The van der Waals surface area contributed by atoms with Crippen LogP contribution in [0.3, 0.4) is 0 Å². The summed E-state index contributed by atoms with van der Waals surface area (Å²) in [6.07, 6.45) is 3.85. The van der Waals surface area contributed by atoms with Crippen LogP contribution >= 0.6 is 11.3 Å². The Kier molecular flexibility index (Phi) is 4.84. The van der Waals surface area contributed by atoms with Crippen molar-refractivity contribution in [2.45, 2.75) is 13.5 Å². The molecule has 0 aliphatic rings. The van der Waals surface area contributed by atoms with Crippen LogP contribution in [0.1, 0.15) is 26.5 Å². The van der Waals surface area contributed by atoms with E-state index in [4.69, 9.17) is 5.11 Å². The summed E-state index contributed by atoms with van der Waals surface area (Å²) in [5.41, 5.74) is 1.82. The average molecular weight is 302 g/mol. The van der Waals surface area contributed by atoms with E-state index in [1.807, 2.05) is 18.4 Å². The molecule has 2 aromatic heterocycles. The SMILES string of the molecule is Cc1ccsc1CNC(=O)c1ncccc1/C=C/C(=O)O. The number of aryl methyl sites for hydroxylation is 1. The van der Waals surface area contributed by atoms with Gasteiger partial charge in [-0.25, -0.2) is 4.79 Å². The molecule has 0 unspecified atom stereocenters. The number of carboxylic acid groups (broad SMARTS) is 1. The van der Waals surface area contributed by atoms with Gasteiger partial charge in [-0.1, -0.05) is 6.07 Å². The highest BCUT2D eigenvalue weighted by Crippen LogP contribution is 2.15. The summed E-state index contributed by atoms with van der Waals surface area (Å²) in [5, 5.41) is 13.4. The van der Waals surface area contributed by atoms with Gasteiger partial charge >= 0.3 is 5.97 Å². The van der Waals surface area contributed by atoms with Crippen molar-refractivity contribution in [2.24, 2.45) is 0 Å². The molecule has 0 aromatic carbocycles. The van der Waals surface area contributed by atoms with E-state index in [0.29, 0.717) is 12.1 Å². The zero-order chi connectivity index (χ0) is 15.2. The largest absolute Gasteiger partial charge is 0.478 e. The van der Waals surface area contributed by atoms with Crippen LogP contribution in [-0.2, 0) is 11.3 Å². The summed E-state index contributed by atoms with van der Waals surface area (Å²) in [6.45, 7) is 2.42. The minimum absolute atomic E-state index is 0.212. The standard InChI is InChI=1S/C15H14N2O3S/c1-10-6-8-21-12(10)9-17-15(20)14-11(3-2-7-16-14)4-5-13(18)19/h2-8H,9H2,1H3,(H,17,20)(H,18,19)/b5-4+. The first-order valence-electron chi connectivity index (χ1n) is 6.25. The molecule has 0 aliphatic carbocycles. The molecule has 1 amide bonds.